The lowest BCUT2D eigenvalue weighted by molar-refractivity contribution is -0.138. The Bertz CT molecular complexity index is 1290. The van der Waals surface area contributed by atoms with Crippen molar-refractivity contribution in [2.24, 2.45) is 0 Å². The molecule has 0 aliphatic carbocycles. The van der Waals surface area contributed by atoms with E-state index in [0.29, 0.717) is 17.4 Å². The fraction of sp³-hybridized carbons (Fsp3) is 0.308. The maximum absolute atomic E-state index is 13.1. The molecule has 1 amide bonds. The van der Waals surface area contributed by atoms with Crippen LogP contribution < -0.4 is 4.90 Å². The van der Waals surface area contributed by atoms with E-state index in [1.54, 1.807) is 25.5 Å². The number of hydrogen-bond acceptors (Lipinski definition) is 5. The number of anilines is 1. The first-order valence-corrected chi connectivity index (χ1v) is 11.7. The molecule has 0 unspecified atom stereocenters. The number of halogens is 5. The third kappa shape index (κ3) is 7.40. The number of likely N-dealkylation sites (tertiary alicyclic amines) is 1. The van der Waals surface area contributed by atoms with Crippen LogP contribution in [0.2, 0.25) is 5.02 Å². The molecule has 2 aromatic carbocycles. The van der Waals surface area contributed by atoms with Gasteiger partial charge in [0.1, 0.15) is 17.6 Å². The normalized spacial score (nSPS) is 13.0. The molecule has 1 saturated heterocycles. The van der Waals surface area contributed by atoms with Crippen LogP contribution in [-0.2, 0) is 12.7 Å². The Morgan fingerprint density at radius 1 is 1.14 bits per heavy atom. The number of aromatic nitrogens is 2. The average molecular weight is 534 g/mol. The monoisotopic (exact) mass is 533 g/mol. The maximum Gasteiger partial charge on any atom is 0.416 e. The molecular formula is C26H24ClF4N5O. The third-order valence-corrected chi connectivity index (χ3v) is 6.00. The first kappa shape index (κ1) is 27.9. The second kappa shape index (κ2) is 12.0. The number of carbonyl (C=O) groups excluding carboxylic acids is 1. The lowest BCUT2D eigenvalue weighted by Gasteiger charge is -2.22. The summed E-state index contributed by atoms with van der Waals surface area (Å²) in [4.78, 5) is 23.3. The van der Waals surface area contributed by atoms with Gasteiger partial charge >= 0.3 is 6.18 Å². The molecule has 11 heteroatoms. The molecule has 0 radical (unpaired) electrons. The SMILES string of the molecule is CN(Cc1ccc(F)cc1C(F)(F)F)c1ccc(C#N)c(Cl)c1.Cc1cnc(C(=O)N2CCCC2)cn1. The molecule has 4 rings (SSSR count). The maximum atomic E-state index is 13.1. The molecule has 0 bridgehead atoms. The van der Waals surface area contributed by atoms with Crippen LogP contribution >= 0.6 is 11.6 Å². The van der Waals surface area contributed by atoms with Crippen molar-refractivity contribution in [3.63, 3.8) is 0 Å². The van der Waals surface area contributed by atoms with E-state index in [1.165, 1.54) is 17.0 Å². The molecule has 2 heterocycles. The Kier molecular flexibility index (Phi) is 9.05. The average Bonchev–Trinajstić information content (AvgIpc) is 3.40. The Labute approximate surface area is 217 Å². The Balaban J connectivity index is 0.000000231. The zero-order valence-corrected chi connectivity index (χ0v) is 20.9. The summed E-state index contributed by atoms with van der Waals surface area (Å²) >= 11 is 5.92. The molecule has 6 nitrogen and oxygen atoms in total. The first-order chi connectivity index (χ1) is 17.5. The number of rotatable bonds is 4. The van der Waals surface area contributed by atoms with Crippen molar-refractivity contribution in [1.29, 1.82) is 5.26 Å². The van der Waals surface area contributed by atoms with Crippen LogP contribution in [0.3, 0.4) is 0 Å². The molecule has 0 N–H and O–H groups in total. The molecule has 0 saturated carbocycles. The van der Waals surface area contributed by atoms with E-state index in [-0.39, 0.29) is 28.6 Å². The van der Waals surface area contributed by atoms with E-state index in [0.717, 1.165) is 43.8 Å². The van der Waals surface area contributed by atoms with E-state index in [4.69, 9.17) is 16.9 Å². The number of nitrogens with zero attached hydrogens (tertiary/aromatic N) is 5. The van der Waals surface area contributed by atoms with Crippen molar-refractivity contribution in [3.8, 4) is 6.07 Å². The van der Waals surface area contributed by atoms with E-state index in [9.17, 15) is 22.4 Å². The van der Waals surface area contributed by atoms with Gasteiger partial charge in [-0.05, 0) is 55.7 Å². The number of amides is 1. The fourth-order valence-electron chi connectivity index (χ4n) is 3.71. The number of hydrogen-bond donors (Lipinski definition) is 0. The van der Waals surface area contributed by atoms with E-state index < -0.39 is 17.6 Å². The van der Waals surface area contributed by atoms with E-state index >= 15 is 0 Å². The number of nitriles is 1. The van der Waals surface area contributed by atoms with Crippen molar-refractivity contribution in [2.75, 3.05) is 25.0 Å². The minimum atomic E-state index is -4.64. The third-order valence-electron chi connectivity index (χ3n) is 5.69. The summed E-state index contributed by atoms with van der Waals surface area (Å²) in [5, 5.41) is 9.04. The molecule has 1 aliphatic rings. The van der Waals surface area contributed by atoms with Gasteiger partial charge in [-0.15, -0.1) is 0 Å². The molecule has 0 atom stereocenters. The minimum Gasteiger partial charge on any atom is -0.370 e. The molecular weight excluding hydrogens is 510 g/mol. The van der Waals surface area contributed by atoms with Crippen LogP contribution in [0.15, 0.2) is 48.8 Å². The van der Waals surface area contributed by atoms with Gasteiger partial charge in [-0.2, -0.15) is 18.4 Å². The molecule has 194 valence electrons. The summed E-state index contributed by atoms with van der Waals surface area (Å²) in [6, 6.07) is 9.06. The largest absolute Gasteiger partial charge is 0.416 e. The van der Waals surface area contributed by atoms with Crippen molar-refractivity contribution < 1.29 is 22.4 Å². The molecule has 37 heavy (non-hydrogen) atoms. The number of carbonyl (C=O) groups is 1. The number of benzene rings is 2. The fourth-order valence-corrected chi connectivity index (χ4v) is 3.93. The Morgan fingerprint density at radius 2 is 1.84 bits per heavy atom. The highest BCUT2D eigenvalue weighted by molar-refractivity contribution is 6.32. The molecule has 1 aromatic heterocycles. The Hall–Kier alpha value is -3.71. The zero-order valence-electron chi connectivity index (χ0n) is 20.2. The summed E-state index contributed by atoms with van der Waals surface area (Å²) in [7, 11) is 1.58. The van der Waals surface area contributed by atoms with Crippen LogP contribution in [0.25, 0.3) is 0 Å². The topological polar surface area (TPSA) is 73.1 Å². The molecule has 3 aromatic rings. The predicted molar refractivity (Wildman–Crippen MR) is 132 cm³/mol. The van der Waals surface area contributed by atoms with Crippen molar-refractivity contribution in [3.05, 3.63) is 87.7 Å². The summed E-state index contributed by atoms with van der Waals surface area (Å²) in [6.07, 6.45) is 0.746. The zero-order chi connectivity index (χ0) is 27.2. The smallest absolute Gasteiger partial charge is 0.370 e. The number of alkyl halides is 3. The highest BCUT2D eigenvalue weighted by atomic mass is 35.5. The highest BCUT2D eigenvalue weighted by Gasteiger charge is 2.34. The van der Waals surface area contributed by atoms with Gasteiger partial charge in [-0.1, -0.05) is 17.7 Å². The van der Waals surface area contributed by atoms with Gasteiger partial charge in [0.2, 0.25) is 0 Å². The van der Waals surface area contributed by atoms with E-state index in [1.807, 2.05) is 17.9 Å². The second-order valence-electron chi connectivity index (χ2n) is 8.47. The second-order valence-corrected chi connectivity index (χ2v) is 8.88. The summed E-state index contributed by atoms with van der Waals surface area (Å²) in [5.41, 5.74) is 1.06. The van der Waals surface area contributed by atoms with Gasteiger partial charge in [0.05, 0.1) is 28.0 Å². The summed E-state index contributed by atoms with van der Waals surface area (Å²) < 4.78 is 52.1. The summed E-state index contributed by atoms with van der Waals surface area (Å²) in [5.74, 6) is -0.930. The molecule has 1 fully saturated rings. The lowest BCUT2D eigenvalue weighted by Crippen LogP contribution is -2.28. The van der Waals surface area contributed by atoms with Crippen LogP contribution in [-0.4, -0.2) is 40.9 Å². The van der Waals surface area contributed by atoms with Crippen molar-refractivity contribution >= 4 is 23.2 Å². The lowest BCUT2D eigenvalue weighted by atomic mass is 10.1. The molecule has 0 spiro atoms. The Morgan fingerprint density at radius 3 is 2.41 bits per heavy atom. The van der Waals surface area contributed by atoms with Crippen molar-refractivity contribution in [2.45, 2.75) is 32.5 Å². The van der Waals surface area contributed by atoms with Crippen LogP contribution in [0, 0.1) is 24.1 Å². The van der Waals surface area contributed by atoms with E-state index in [2.05, 4.69) is 9.97 Å². The standard InChI is InChI=1S/C16H11ClF4N2.C10H13N3O/c1-23(13-5-3-10(8-22)15(17)7-13)9-11-2-4-12(18)6-14(11)16(19,20)21;1-8-6-12-9(7-11-8)10(14)13-4-2-3-5-13/h2-7H,9H2,1H3;6-7H,2-5H2,1H3. The highest BCUT2D eigenvalue weighted by Crippen LogP contribution is 2.34. The first-order valence-electron chi connectivity index (χ1n) is 11.3. The number of aryl methyl sites for hydroxylation is 1. The van der Waals surface area contributed by atoms with Gasteiger partial charge in [0, 0.05) is 38.6 Å². The predicted octanol–water partition coefficient (Wildman–Crippen LogP) is 6.03. The quantitative estimate of drug-likeness (QED) is 0.383. The van der Waals surface area contributed by atoms with Gasteiger partial charge in [0.25, 0.3) is 5.91 Å². The van der Waals surface area contributed by atoms with Crippen LogP contribution in [0.1, 0.15) is 45.7 Å². The van der Waals surface area contributed by atoms with Gasteiger partial charge in [0.15, 0.2) is 0 Å². The van der Waals surface area contributed by atoms with Crippen LogP contribution in [0.4, 0.5) is 23.2 Å². The molecule has 1 aliphatic heterocycles. The minimum absolute atomic E-state index is 0.00926. The van der Waals surface area contributed by atoms with Gasteiger partial charge in [-0.25, -0.2) is 9.37 Å². The van der Waals surface area contributed by atoms with Crippen molar-refractivity contribution in [1.82, 2.24) is 14.9 Å². The van der Waals surface area contributed by atoms with Gasteiger partial charge < -0.3 is 9.80 Å². The van der Waals surface area contributed by atoms with Crippen LogP contribution in [0.5, 0.6) is 0 Å². The summed E-state index contributed by atoms with van der Waals surface area (Å²) in [6.45, 7) is 3.48. The van der Waals surface area contributed by atoms with Gasteiger partial charge in [-0.3, -0.25) is 9.78 Å².